The maximum Gasteiger partial charge on any atom is 0.180 e. The number of anilines is 1. The molecule has 0 atom stereocenters. The van der Waals surface area contributed by atoms with Crippen molar-refractivity contribution in [2.45, 2.75) is 46.6 Å². The van der Waals surface area contributed by atoms with Crippen LogP contribution in [0, 0.1) is 0 Å². The number of rotatable bonds is 7. The van der Waals surface area contributed by atoms with Crippen LogP contribution in [-0.2, 0) is 13.0 Å². The van der Waals surface area contributed by atoms with E-state index in [0.29, 0.717) is 0 Å². The predicted octanol–water partition coefficient (Wildman–Crippen LogP) is 3.13. The van der Waals surface area contributed by atoms with Crippen molar-refractivity contribution in [1.82, 2.24) is 19.7 Å². The molecule has 20 heavy (non-hydrogen) atoms. The molecule has 0 unspecified atom stereocenters. The second-order valence-electron chi connectivity index (χ2n) is 4.79. The van der Waals surface area contributed by atoms with E-state index in [4.69, 9.17) is 0 Å². The maximum absolute atomic E-state index is 4.63. The van der Waals surface area contributed by atoms with E-state index >= 15 is 0 Å². The minimum atomic E-state index is 0.758. The summed E-state index contributed by atoms with van der Waals surface area (Å²) in [6.07, 6.45) is 4.84. The zero-order valence-electron chi connectivity index (χ0n) is 12.6. The van der Waals surface area contributed by atoms with Crippen LogP contribution in [0.5, 0.6) is 0 Å². The van der Waals surface area contributed by atoms with Crippen molar-refractivity contribution >= 4 is 5.82 Å². The lowest BCUT2D eigenvalue weighted by Gasteiger charge is -2.10. The van der Waals surface area contributed by atoms with Crippen LogP contribution in [0.3, 0.4) is 0 Å². The van der Waals surface area contributed by atoms with Crippen LogP contribution < -0.4 is 5.32 Å². The van der Waals surface area contributed by atoms with E-state index in [1.54, 1.807) is 0 Å². The Balaban J connectivity index is 2.36. The summed E-state index contributed by atoms with van der Waals surface area (Å²) in [6.45, 7) is 8.21. The summed E-state index contributed by atoms with van der Waals surface area (Å²) < 4.78 is 1.97. The topological polar surface area (TPSA) is 55.6 Å². The molecule has 5 nitrogen and oxygen atoms in total. The summed E-state index contributed by atoms with van der Waals surface area (Å²) in [5.74, 6) is 1.66. The molecule has 0 aromatic carbocycles. The van der Waals surface area contributed by atoms with Crippen LogP contribution in [-0.4, -0.2) is 26.3 Å². The molecule has 1 N–H and O–H groups in total. The standard InChI is InChI=1S/C15H23N5/c1-4-8-16-14-11-12(6-3)18-15(19-14)13-7-9-17-20(13)10-5-2/h7,9,11H,4-6,8,10H2,1-3H3,(H,16,18,19). The molecule has 0 aliphatic rings. The molecule has 0 saturated heterocycles. The third-order valence-electron chi connectivity index (χ3n) is 3.08. The summed E-state index contributed by atoms with van der Waals surface area (Å²) >= 11 is 0. The van der Waals surface area contributed by atoms with Crippen molar-refractivity contribution in [3.8, 4) is 11.5 Å². The summed E-state index contributed by atoms with van der Waals surface area (Å²) in [7, 11) is 0. The molecule has 0 aliphatic heterocycles. The summed E-state index contributed by atoms with van der Waals surface area (Å²) in [5, 5.41) is 7.69. The average molecular weight is 273 g/mol. The Kier molecular flexibility index (Phi) is 5.09. The molecule has 0 bridgehead atoms. The van der Waals surface area contributed by atoms with E-state index in [9.17, 15) is 0 Å². The third-order valence-corrected chi connectivity index (χ3v) is 3.08. The highest BCUT2D eigenvalue weighted by Crippen LogP contribution is 2.18. The Morgan fingerprint density at radius 3 is 2.70 bits per heavy atom. The lowest BCUT2D eigenvalue weighted by atomic mass is 10.3. The summed E-state index contributed by atoms with van der Waals surface area (Å²) in [4.78, 5) is 9.25. The highest BCUT2D eigenvalue weighted by Gasteiger charge is 2.10. The molecule has 2 aromatic heterocycles. The quantitative estimate of drug-likeness (QED) is 0.842. The summed E-state index contributed by atoms with van der Waals surface area (Å²) in [5.41, 5.74) is 2.04. The Morgan fingerprint density at radius 1 is 1.15 bits per heavy atom. The molecular weight excluding hydrogens is 250 g/mol. The van der Waals surface area contributed by atoms with Gasteiger partial charge in [0, 0.05) is 31.0 Å². The Hall–Kier alpha value is -1.91. The predicted molar refractivity (Wildman–Crippen MR) is 81.7 cm³/mol. The van der Waals surface area contributed by atoms with Gasteiger partial charge in [-0.2, -0.15) is 5.10 Å². The Bertz CT molecular complexity index is 547. The zero-order valence-corrected chi connectivity index (χ0v) is 12.6. The molecule has 5 heteroatoms. The van der Waals surface area contributed by atoms with Gasteiger partial charge in [0.1, 0.15) is 11.5 Å². The molecule has 2 heterocycles. The SMILES string of the molecule is CCCNc1cc(CC)nc(-c2ccnn2CCC)n1. The molecule has 0 spiro atoms. The monoisotopic (exact) mass is 273 g/mol. The number of hydrogen-bond acceptors (Lipinski definition) is 4. The number of nitrogens with zero attached hydrogens (tertiary/aromatic N) is 4. The molecule has 0 amide bonds. The minimum Gasteiger partial charge on any atom is -0.370 e. The van der Waals surface area contributed by atoms with Crippen LogP contribution in [0.25, 0.3) is 11.5 Å². The van der Waals surface area contributed by atoms with Gasteiger partial charge >= 0.3 is 0 Å². The highest BCUT2D eigenvalue weighted by molar-refractivity contribution is 5.53. The van der Waals surface area contributed by atoms with Crippen molar-refractivity contribution in [2.75, 3.05) is 11.9 Å². The largest absolute Gasteiger partial charge is 0.370 e. The smallest absolute Gasteiger partial charge is 0.180 e. The van der Waals surface area contributed by atoms with Gasteiger partial charge in [0.25, 0.3) is 0 Å². The minimum absolute atomic E-state index is 0.758. The maximum atomic E-state index is 4.63. The fourth-order valence-electron chi connectivity index (χ4n) is 2.05. The van der Waals surface area contributed by atoms with Gasteiger partial charge < -0.3 is 5.32 Å². The lowest BCUT2D eigenvalue weighted by Crippen LogP contribution is -2.08. The van der Waals surface area contributed by atoms with Gasteiger partial charge in [0.2, 0.25) is 0 Å². The van der Waals surface area contributed by atoms with Gasteiger partial charge in [-0.3, -0.25) is 4.68 Å². The average Bonchev–Trinajstić information content (AvgIpc) is 2.93. The fourth-order valence-corrected chi connectivity index (χ4v) is 2.05. The first-order chi connectivity index (χ1) is 9.78. The Morgan fingerprint density at radius 2 is 2.00 bits per heavy atom. The van der Waals surface area contributed by atoms with Crippen molar-refractivity contribution in [1.29, 1.82) is 0 Å². The normalized spacial score (nSPS) is 10.8. The molecule has 2 aromatic rings. The molecule has 0 aliphatic carbocycles. The first-order valence-electron chi connectivity index (χ1n) is 7.42. The first kappa shape index (κ1) is 14.5. The van der Waals surface area contributed by atoms with Gasteiger partial charge in [-0.1, -0.05) is 20.8 Å². The number of hydrogen-bond donors (Lipinski definition) is 1. The van der Waals surface area contributed by atoms with Gasteiger partial charge in [-0.25, -0.2) is 9.97 Å². The van der Waals surface area contributed by atoms with E-state index in [-0.39, 0.29) is 0 Å². The molecule has 2 rings (SSSR count). The van der Waals surface area contributed by atoms with Gasteiger partial charge in [-0.05, 0) is 25.3 Å². The number of aryl methyl sites for hydroxylation is 2. The summed E-state index contributed by atoms with van der Waals surface area (Å²) in [6, 6.07) is 4.01. The lowest BCUT2D eigenvalue weighted by molar-refractivity contribution is 0.606. The fraction of sp³-hybridized carbons (Fsp3) is 0.533. The van der Waals surface area contributed by atoms with Crippen LogP contribution in [0.4, 0.5) is 5.82 Å². The van der Waals surface area contributed by atoms with E-state index in [0.717, 1.165) is 55.4 Å². The van der Waals surface area contributed by atoms with E-state index in [2.05, 4.69) is 41.2 Å². The van der Waals surface area contributed by atoms with E-state index < -0.39 is 0 Å². The van der Waals surface area contributed by atoms with Crippen LogP contribution in [0.2, 0.25) is 0 Å². The number of nitrogens with one attached hydrogen (secondary N) is 1. The zero-order chi connectivity index (χ0) is 14.4. The van der Waals surface area contributed by atoms with E-state index in [1.165, 1.54) is 0 Å². The second kappa shape index (κ2) is 7.03. The molecule has 0 radical (unpaired) electrons. The molecule has 0 saturated carbocycles. The van der Waals surface area contributed by atoms with E-state index in [1.807, 2.05) is 23.0 Å². The Labute approximate surface area is 120 Å². The second-order valence-corrected chi connectivity index (χ2v) is 4.79. The van der Waals surface area contributed by atoms with Crippen LogP contribution >= 0.6 is 0 Å². The van der Waals surface area contributed by atoms with Crippen LogP contribution in [0.1, 0.15) is 39.3 Å². The van der Waals surface area contributed by atoms with Gasteiger partial charge in [0.15, 0.2) is 5.82 Å². The number of aromatic nitrogens is 4. The molecule has 0 fully saturated rings. The molecule has 108 valence electrons. The third kappa shape index (κ3) is 3.35. The molecular formula is C15H23N5. The van der Waals surface area contributed by atoms with Crippen molar-refractivity contribution < 1.29 is 0 Å². The van der Waals surface area contributed by atoms with Crippen molar-refractivity contribution in [3.05, 3.63) is 24.0 Å². The van der Waals surface area contributed by atoms with Gasteiger partial charge in [-0.15, -0.1) is 0 Å². The van der Waals surface area contributed by atoms with Gasteiger partial charge in [0.05, 0.1) is 0 Å². The highest BCUT2D eigenvalue weighted by atomic mass is 15.3. The van der Waals surface area contributed by atoms with Crippen LogP contribution in [0.15, 0.2) is 18.3 Å². The first-order valence-corrected chi connectivity index (χ1v) is 7.42. The van der Waals surface area contributed by atoms with Crippen molar-refractivity contribution in [3.63, 3.8) is 0 Å². The van der Waals surface area contributed by atoms with Crippen molar-refractivity contribution in [2.24, 2.45) is 0 Å².